The Balaban J connectivity index is 0.000000288. The lowest BCUT2D eigenvalue weighted by Crippen LogP contribution is -2.32. The van der Waals surface area contributed by atoms with E-state index >= 15 is 0 Å². The van der Waals surface area contributed by atoms with Gasteiger partial charge < -0.3 is 26.6 Å². The molecule has 0 radical (unpaired) electrons. The predicted molar refractivity (Wildman–Crippen MR) is 56.6 cm³/mol. The Morgan fingerprint density at radius 3 is 2.19 bits per heavy atom. The smallest absolute Gasteiger partial charge is 0.321 e. The van der Waals surface area contributed by atoms with Gasteiger partial charge in [0.2, 0.25) is 5.91 Å². The Morgan fingerprint density at radius 1 is 1.50 bits per heavy atom. The van der Waals surface area contributed by atoms with Crippen LogP contribution in [0.1, 0.15) is 6.42 Å². The molecule has 90 valence electrons. The third kappa shape index (κ3) is 6.68. The van der Waals surface area contributed by atoms with E-state index < -0.39 is 24.4 Å². The maximum absolute atomic E-state index is 10.2. The van der Waals surface area contributed by atoms with Crippen molar-refractivity contribution in [1.29, 1.82) is 0 Å². The van der Waals surface area contributed by atoms with Crippen LogP contribution in [0, 0.1) is 0 Å². The van der Waals surface area contributed by atoms with Crippen LogP contribution in [0.2, 0.25) is 0 Å². The van der Waals surface area contributed by atoms with Crippen LogP contribution in [-0.2, 0) is 14.4 Å². The lowest BCUT2D eigenvalue weighted by molar-refractivity contribution is -0.144. The Kier molecular flexibility index (Phi) is 5.96. The molecule has 0 aromatic carbocycles. The van der Waals surface area contributed by atoms with Crippen LogP contribution < -0.4 is 16.4 Å². The van der Waals surface area contributed by atoms with Crippen molar-refractivity contribution in [1.82, 2.24) is 10.6 Å². The molecule has 1 fully saturated rings. The second-order valence-corrected chi connectivity index (χ2v) is 3.18. The summed E-state index contributed by atoms with van der Waals surface area (Å²) in [4.78, 5) is 29.8. The molecule has 1 aliphatic rings. The highest BCUT2D eigenvalue weighted by molar-refractivity contribution is 7.80. The number of thiocarbonyl (C=S) groups is 1. The van der Waals surface area contributed by atoms with Gasteiger partial charge in [-0.25, -0.2) is 0 Å². The van der Waals surface area contributed by atoms with Crippen molar-refractivity contribution >= 4 is 35.2 Å². The minimum Gasteiger partial charge on any atom is -0.481 e. The Bertz CT molecular complexity index is 305. The monoisotopic (exact) mass is 249 g/mol. The first-order chi connectivity index (χ1) is 7.32. The fourth-order valence-corrected chi connectivity index (χ4v) is 0.837. The van der Waals surface area contributed by atoms with Crippen molar-refractivity contribution in [2.75, 3.05) is 6.54 Å². The molecule has 1 atom stereocenters. The highest BCUT2D eigenvalue weighted by Crippen LogP contribution is 1.86. The zero-order chi connectivity index (χ0) is 12.7. The van der Waals surface area contributed by atoms with Gasteiger partial charge in [0.25, 0.3) is 0 Å². The van der Waals surface area contributed by atoms with Crippen LogP contribution in [0.5, 0.6) is 0 Å². The van der Waals surface area contributed by atoms with E-state index in [1.807, 2.05) is 0 Å². The number of carbonyl (C=O) groups is 3. The Hall–Kier alpha value is -1.74. The highest BCUT2D eigenvalue weighted by atomic mass is 32.1. The summed E-state index contributed by atoms with van der Waals surface area (Å²) in [6.07, 6.45) is -0.532. The summed E-state index contributed by atoms with van der Waals surface area (Å²) in [6.45, 7) is 0.332. The van der Waals surface area contributed by atoms with Crippen LogP contribution >= 0.6 is 12.2 Å². The zero-order valence-corrected chi connectivity index (χ0v) is 8.91. The summed E-state index contributed by atoms with van der Waals surface area (Å²) in [5.41, 5.74) is 4.84. The largest absolute Gasteiger partial charge is 0.481 e. The highest BCUT2D eigenvalue weighted by Gasteiger charge is 2.14. The minimum atomic E-state index is -1.29. The van der Waals surface area contributed by atoms with Crippen molar-refractivity contribution in [2.45, 2.75) is 12.5 Å². The van der Waals surface area contributed by atoms with Gasteiger partial charge >= 0.3 is 11.9 Å². The maximum Gasteiger partial charge on any atom is 0.321 e. The van der Waals surface area contributed by atoms with E-state index in [1.54, 1.807) is 0 Å². The first-order valence-electron chi connectivity index (χ1n) is 4.10. The normalized spacial score (nSPS) is 15.3. The van der Waals surface area contributed by atoms with Gasteiger partial charge in [-0.2, -0.15) is 0 Å². The zero-order valence-electron chi connectivity index (χ0n) is 8.10. The summed E-state index contributed by atoms with van der Waals surface area (Å²) in [6, 6.07) is -1.29. The number of carboxylic acid groups (broad SMARTS) is 2. The van der Waals surface area contributed by atoms with Gasteiger partial charge in [-0.05, 0) is 12.2 Å². The molecule has 8 nitrogen and oxygen atoms in total. The number of carbonyl (C=O) groups excluding carboxylic acids is 1. The van der Waals surface area contributed by atoms with E-state index in [2.05, 4.69) is 22.9 Å². The molecule has 0 aromatic heterocycles. The molecule has 1 rings (SSSR count). The van der Waals surface area contributed by atoms with E-state index in [0.29, 0.717) is 11.7 Å². The van der Waals surface area contributed by atoms with Crippen LogP contribution in [0.25, 0.3) is 0 Å². The van der Waals surface area contributed by atoms with Gasteiger partial charge in [-0.1, -0.05) is 0 Å². The lowest BCUT2D eigenvalue weighted by atomic mass is 10.2. The number of carboxylic acids is 2. The molecule has 6 N–H and O–H groups in total. The van der Waals surface area contributed by atoms with Crippen LogP contribution in [0.4, 0.5) is 0 Å². The van der Waals surface area contributed by atoms with Crippen molar-refractivity contribution in [3.63, 3.8) is 0 Å². The summed E-state index contributed by atoms with van der Waals surface area (Å²) < 4.78 is 0. The number of hydrogen-bond donors (Lipinski definition) is 5. The third-order valence-corrected chi connectivity index (χ3v) is 1.62. The fraction of sp³-hybridized carbons (Fsp3) is 0.429. The number of aliphatic carboxylic acids is 2. The molecule has 0 bridgehead atoms. The SMILES string of the molecule is N[C@@H](CC(=O)O)C(=O)O.O=C1CNC(=S)N1. The fourth-order valence-electron chi connectivity index (χ4n) is 0.651. The third-order valence-electron chi connectivity index (χ3n) is 1.37. The van der Waals surface area contributed by atoms with E-state index in [4.69, 9.17) is 15.9 Å². The van der Waals surface area contributed by atoms with Crippen LogP contribution in [-0.4, -0.2) is 45.8 Å². The molecule has 0 saturated carbocycles. The predicted octanol–water partition coefficient (Wildman–Crippen LogP) is -2.14. The van der Waals surface area contributed by atoms with Gasteiger partial charge in [-0.3, -0.25) is 14.4 Å². The molecule has 9 heteroatoms. The van der Waals surface area contributed by atoms with Gasteiger partial charge in [-0.15, -0.1) is 0 Å². The van der Waals surface area contributed by atoms with E-state index in [0.717, 1.165) is 0 Å². The quantitative estimate of drug-likeness (QED) is 0.357. The average Bonchev–Trinajstić information content (AvgIpc) is 2.49. The van der Waals surface area contributed by atoms with Gasteiger partial charge in [0.05, 0.1) is 13.0 Å². The lowest BCUT2D eigenvalue weighted by Gasteiger charge is -1.99. The molecule has 0 spiro atoms. The molecule has 0 unspecified atom stereocenters. The second-order valence-electron chi connectivity index (χ2n) is 2.77. The number of nitrogens with two attached hydrogens (primary N) is 1. The van der Waals surface area contributed by atoms with E-state index in [9.17, 15) is 14.4 Å². The summed E-state index contributed by atoms with van der Waals surface area (Å²) in [7, 11) is 0. The summed E-state index contributed by atoms with van der Waals surface area (Å²) in [5, 5.41) is 21.5. The molecule has 0 aromatic rings. The minimum absolute atomic E-state index is 0.0509. The maximum atomic E-state index is 10.2. The topological polar surface area (TPSA) is 142 Å². The van der Waals surface area contributed by atoms with Gasteiger partial charge in [0.15, 0.2) is 5.11 Å². The van der Waals surface area contributed by atoms with Crippen molar-refractivity contribution in [3.8, 4) is 0 Å². The molecule has 0 aliphatic carbocycles. The average molecular weight is 249 g/mol. The molecular weight excluding hydrogens is 238 g/mol. The van der Waals surface area contributed by atoms with Crippen molar-refractivity contribution < 1.29 is 24.6 Å². The Morgan fingerprint density at radius 2 is 2.06 bits per heavy atom. The number of hydrogen-bond acceptors (Lipinski definition) is 5. The summed E-state index contributed by atoms with van der Waals surface area (Å²) in [5.74, 6) is -2.55. The number of amides is 1. The van der Waals surface area contributed by atoms with Crippen LogP contribution in [0.3, 0.4) is 0 Å². The van der Waals surface area contributed by atoms with Gasteiger partial charge in [0, 0.05) is 0 Å². The number of rotatable bonds is 3. The molecule has 1 heterocycles. The summed E-state index contributed by atoms with van der Waals surface area (Å²) >= 11 is 4.55. The standard InChI is InChI=1S/C4H7NO4.C3H4N2OS/c5-2(4(8)9)1-3(6)7;6-2-1-4-3(7)5-2/h2H,1,5H2,(H,6,7)(H,8,9);1H2,(H2,4,5,6,7)/t2-;/m0./s1. The van der Waals surface area contributed by atoms with Crippen molar-refractivity contribution in [3.05, 3.63) is 0 Å². The van der Waals surface area contributed by atoms with E-state index in [1.165, 1.54) is 0 Å². The molecule has 1 saturated heterocycles. The van der Waals surface area contributed by atoms with Crippen LogP contribution in [0.15, 0.2) is 0 Å². The molecule has 16 heavy (non-hydrogen) atoms. The van der Waals surface area contributed by atoms with E-state index in [-0.39, 0.29) is 5.91 Å². The molecule has 1 amide bonds. The molecular formula is C7H11N3O5S. The molecule has 1 aliphatic heterocycles. The number of nitrogens with one attached hydrogen (secondary N) is 2. The first kappa shape index (κ1) is 14.3. The Labute approximate surface area is 95.8 Å². The van der Waals surface area contributed by atoms with Gasteiger partial charge in [0.1, 0.15) is 6.04 Å². The first-order valence-corrected chi connectivity index (χ1v) is 4.51. The van der Waals surface area contributed by atoms with Crippen molar-refractivity contribution in [2.24, 2.45) is 5.73 Å². The second kappa shape index (κ2) is 6.69.